The quantitative estimate of drug-likeness (QED) is 0.115. The molecule has 1 aromatic carbocycles. The van der Waals surface area contributed by atoms with Crippen LogP contribution in [-0.4, -0.2) is 101 Å². The predicted octanol–water partition coefficient (Wildman–Crippen LogP) is 1.85. The summed E-state index contributed by atoms with van der Waals surface area (Å²) in [5, 5.41) is 56.0. The Hall–Kier alpha value is -2.74. The monoisotopic (exact) mass is 609 g/mol. The number of phenols is 2. The first-order valence-corrected chi connectivity index (χ1v) is 14.5. The highest BCUT2D eigenvalue weighted by atomic mass is 16.6. The van der Waals surface area contributed by atoms with Gasteiger partial charge in [0.1, 0.15) is 29.3 Å². The Balaban J connectivity index is 1.73. The number of carbonyl (C=O) groups is 2. The normalized spacial score (nSPS) is 26.8. The Morgan fingerprint density at radius 1 is 1.19 bits per heavy atom. The number of carbonyl (C=O) groups excluding carboxylic acids is 2. The number of esters is 1. The van der Waals surface area contributed by atoms with Crippen LogP contribution >= 0.6 is 0 Å². The fraction of sp³-hybridized carbons (Fsp3) is 0.677. The number of amides is 1. The van der Waals surface area contributed by atoms with E-state index in [-0.39, 0.29) is 42.7 Å². The first-order valence-electron chi connectivity index (χ1n) is 14.5. The topological polar surface area (TPSA) is 184 Å². The lowest BCUT2D eigenvalue weighted by atomic mass is 9.73. The number of hydrogen-bond acceptors (Lipinski definition) is 11. The van der Waals surface area contributed by atoms with E-state index >= 15 is 0 Å². The number of aromatic hydroxyl groups is 2. The van der Waals surface area contributed by atoms with Crippen molar-refractivity contribution >= 4 is 11.9 Å². The molecule has 0 saturated carbocycles. The molecule has 12 heteroatoms. The summed E-state index contributed by atoms with van der Waals surface area (Å²) in [5.74, 6) is -2.57. The number of rotatable bonds is 12. The van der Waals surface area contributed by atoms with E-state index in [2.05, 4.69) is 11.9 Å². The lowest BCUT2D eigenvalue weighted by molar-refractivity contribution is -0.217. The molecule has 2 aliphatic heterocycles. The molecule has 9 atom stereocenters. The molecule has 1 fully saturated rings. The maximum Gasteiger partial charge on any atom is 0.342 e. The van der Waals surface area contributed by atoms with Crippen LogP contribution < -0.4 is 5.32 Å². The van der Waals surface area contributed by atoms with E-state index in [0.717, 1.165) is 11.6 Å². The third-order valence-electron chi connectivity index (χ3n) is 9.02. The Kier molecular flexibility index (Phi) is 11.2. The Morgan fingerprint density at radius 3 is 2.42 bits per heavy atom. The Labute approximate surface area is 252 Å². The molecule has 12 nitrogen and oxygen atoms in total. The number of fused-ring (bicyclic) bond motifs is 1. The van der Waals surface area contributed by atoms with Gasteiger partial charge in [0.25, 0.3) is 5.91 Å². The van der Waals surface area contributed by atoms with Gasteiger partial charge < -0.3 is 49.8 Å². The summed E-state index contributed by atoms with van der Waals surface area (Å²) in [4.78, 5) is 25.6. The molecule has 2 heterocycles. The van der Waals surface area contributed by atoms with Crippen molar-refractivity contribution in [2.75, 3.05) is 14.2 Å². The molecule has 0 radical (unpaired) electrons. The highest BCUT2D eigenvalue weighted by Crippen LogP contribution is 2.42. The minimum Gasteiger partial charge on any atom is -0.508 e. The zero-order valence-corrected chi connectivity index (χ0v) is 26.0. The van der Waals surface area contributed by atoms with Crippen LogP contribution in [0.25, 0.3) is 0 Å². The number of phenolic OH excluding ortho intramolecular Hbond substituents is 2. The van der Waals surface area contributed by atoms with Crippen LogP contribution in [-0.2, 0) is 30.2 Å². The highest BCUT2D eigenvalue weighted by Gasteiger charge is 2.48. The van der Waals surface area contributed by atoms with Gasteiger partial charge in [0.15, 0.2) is 12.3 Å². The highest BCUT2D eigenvalue weighted by molar-refractivity contribution is 5.96. The summed E-state index contributed by atoms with van der Waals surface area (Å²) in [5.41, 5.74) is 0.851. The standard InChI is InChI=1S/C31H47NO11/c1-14(2)9-22(40-7)27(37)28(38)32-29(41-8)23-13-24(36)31(5,6)25(42-23)12-19(34)16(4)21-10-17-15(3)18(33)11-20(35)26(17)30(39)43-21/h11,16,19,21-25,27,29,33-37H,1,9-10,12-13H2,2-8H3,(H,32,38)/t16?,19-,21?,22?,23-,24+,25+,27-,29-/m0/s1. The van der Waals surface area contributed by atoms with Crippen LogP contribution in [0.15, 0.2) is 18.2 Å². The Morgan fingerprint density at radius 2 is 1.84 bits per heavy atom. The zero-order chi connectivity index (χ0) is 32.4. The second-order valence-corrected chi connectivity index (χ2v) is 12.5. The van der Waals surface area contributed by atoms with E-state index < -0.39 is 72.2 Å². The molecule has 0 bridgehead atoms. The number of ether oxygens (including phenoxy) is 4. The van der Waals surface area contributed by atoms with E-state index in [0.29, 0.717) is 11.1 Å². The van der Waals surface area contributed by atoms with Gasteiger partial charge in [0.05, 0.1) is 24.4 Å². The average Bonchev–Trinajstić information content (AvgIpc) is 2.94. The van der Waals surface area contributed by atoms with Crippen LogP contribution in [0.5, 0.6) is 11.5 Å². The van der Waals surface area contributed by atoms with Crippen molar-refractivity contribution in [1.29, 1.82) is 0 Å². The minimum atomic E-state index is -1.50. The first kappa shape index (κ1) is 34.7. The van der Waals surface area contributed by atoms with Gasteiger partial charge in [-0.1, -0.05) is 26.3 Å². The molecule has 242 valence electrons. The minimum absolute atomic E-state index is 0.00479. The van der Waals surface area contributed by atoms with Gasteiger partial charge >= 0.3 is 5.97 Å². The molecule has 43 heavy (non-hydrogen) atoms. The van der Waals surface area contributed by atoms with Gasteiger partial charge in [0.2, 0.25) is 0 Å². The summed E-state index contributed by atoms with van der Waals surface area (Å²) in [7, 11) is 2.76. The van der Waals surface area contributed by atoms with Crippen LogP contribution in [0.1, 0.15) is 68.4 Å². The molecule has 1 saturated heterocycles. The van der Waals surface area contributed by atoms with Crippen molar-refractivity contribution in [2.24, 2.45) is 11.3 Å². The van der Waals surface area contributed by atoms with Gasteiger partial charge in [-0.2, -0.15) is 0 Å². The van der Waals surface area contributed by atoms with Crippen molar-refractivity contribution in [3.63, 3.8) is 0 Å². The molecular formula is C31H47NO11. The van der Waals surface area contributed by atoms with Gasteiger partial charge in [0, 0.05) is 50.9 Å². The van der Waals surface area contributed by atoms with Gasteiger partial charge in [-0.25, -0.2) is 4.79 Å². The second-order valence-electron chi connectivity index (χ2n) is 12.5. The summed E-state index contributed by atoms with van der Waals surface area (Å²) >= 11 is 0. The molecule has 2 aliphatic rings. The third-order valence-corrected chi connectivity index (χ3v) is 9.02. The van der Waals surface area contributed by atoms with Crippen molar-refractivity contribution < 1.29 is 54.1 Å². The SMILES string of the molecule is C=C(C)CC(OC)[C@H](O)C(=O)N[C@@H](OC)[C@@H]1C[C@@H](O)C(C)(C)[C@@H](C[C@H](O)C(C)C2Cc3c(C)c(O)cc(O)c3C(=O)O2)O1. The number of aliphatic hydroxyl groups is 3. The molecule has 0 spiro atoms. The molecular weight excluding hydrogens is 562 g/mol. The van der Waals surface area contributed by atoms with Gasteiger partial charge in [-0.3, -0.25) is 4.79 Å². The number of cyclic esters (lactones) is 1. The van der Waals surface area contributed by atoms with Crippen LogP contribution in [0.3, 0.4) is 0 Å². The van der Waals surface area contributed by atoms with Crippen LogP contribution in [0.4, 0.5) is 0 Å². The van der Waals surface area contributed by atoms with Gasteiger partial charge in [-0.15, -0.1) is 6.58 Å². The summed E-state index contributed by atoms with van der Waals surface area (Å²) < 4.78 is 22.7. The summed E-state index contributed by atoms with van der Waals surface area (Å²) in [6.45, 7) is 12.6. The van der Waals surface area contributed by atoms with E-state index in [1.54, 1.807) is 20.8 Å². The van der Waals surface area contributed by atoms with Crippen LogP contribution in [0.2, 0.25) is 0 Å². The van der Waals surface area contributed by atoms with Crippen molar-refractivity contribution in [3.8, 4) is 11.5 Å². The maximum absolute atomic E-state index is 12.9. The van der Waals surface area contributed by atoms with E-state index in [1.165, 1.54) is 14.2 Å². The fourth-order valence-corrected chi connectivity index (χ4v) is 5.80. The number of nitrogens with one attached hydrogen (secondary N) is 1. The third kappa shape index (κ3) is 7.50. The molecule has 3 rings (SSSR count). The summed E-state index contributed by atoms with van der Waals surface area (Å²) in [6.07, 6.45) is -6.89. The second kappa shape index (κ2) is 13.9. The number of aliphatic hydroxyl groups excluding tert-OH is 3. The van der Waals surface area contributed by atoms with Crippen molar-refractivity contribution in [1.82, 2.24) is 5.32 Å². The van der Waals surface area contributed by atoms with Crippen LogP contribution in [0, 0.1) is 18.3 Å². The molecule has 0 aliphatic carbocycles. The van der Waals surface area contributed by atoms with E-state index in [1.807, 2.05) is 13.8 Å². The number of hydrogen-bond donors (Lipinski definition) is 6. The number of benzene rings is 1. The molecule has 1 aromatic rings. The molecule has 6 N–H and O–H groups in total. The van der Waals surface area contributed by atoms with E-state index in [9.17, 15) is 35.1 Å². The Bertz CT molecular complexity index is 1180. The fourth-order valence-electron chi connectivity index (χ4n) is 5.80. The maximum atomic E-state index is 12.9. The van der Waals surface area contributed by atoms with Gasteiger partial charge in [-0.05, 0) is 31.4 Å². The lowest BCUT2D eigenvalue weighted by Crippen LogP contribution is -2.59. The van der Waals surface area contributed by atoms with E-state index in [4.69, 9.17) is 18.9 Å². The zero-order valence-electron chi connectivity index (χ0n) is 26.0. The molecule has 0 aromatic heterocycles. The van der Waals surface area contributed by atoms with Crippen molar-refractivity contribution in [2.45, 2.75) is 109 Å². The predicted molar refractivity (Wildman–Crippen MR) is 155 cm³/mol. The average molecular weight is 610 g/mol. The summed E-state index contributed by atoms with van der Waals surface area (Å²) in [6, 6.07) is 1.10. The molecule has 1 amide bonds. The first-order chi connectivity index (χ1) is 20.0. The lowest BCUT2D eigenvalue weighted by Gasteiger charge is -2.48. The number of methoxy groups -OCH3 is 2. The van der Waals surface area contributed by atoms with Crippen molar-refractivity contribution in [3.05, 3.63) is 34.9 Å². The molecule has 3 unspecified atom stereocenters. The smallest absolute Gasteiger partial charge is 0.342 e. The largest absolute Gasteiger partial charge is 0.508 e.